The Morgan fingerprint density at radius 1 is 0.500 bits per heavy atom. The summed E-state index contributed by atoms with van der Waals surface area (Å²) in [5.74, 6) is 0. The second-order valence-corrected chi connectivity index (χ2v) is 8.01. The molecule has 2 aromatic carbocycles. The van der Waals surface area contributed by atoms with Crippen molar-refractivity contribution < 1.29 is 13.2 Å². The van der Waals surface area contributed by atoms with Crippen molar-refractivity contribution in [3.8, 4) is 0 Å². The summed E-state index contributed by atoms with van der Waals surface area (Å²) in [7, 11) is 0. The second-order valence-electron chi connectivity index (χ2n) is 8.01. The summed E-state index contributed by atoms with van der Waals surface area (Å²) in [4.78, 5) is 0. The fraction of sp³-hybridized carbons (Fsp3) is 0.478. The Balaban J connectivity index is 0. The van der Waals surface area contributed by atoms with E-state index in [0.29, 0.717) is 10.8 Å². The molecule has 0 radical (unpaired) electrons. The molecule has 0 saturated carbocycles. The first-order chi connectivity index (χ1) is 11.2. The van der Waals surface area contributed by atoms with E-state index in [2.05, 4.69) is 102 Å². The minimum Gasteiger partial charge on any atom is -0.172 e. The summed E-state index contributed by atoms with van der Waals surface area (Å²) in [5, 5.41) is 0. The highest BCUT2D eigenvalue weighted by molar-refractivity contribution is 5.22. The molecule has 0 fully saturated rings. The molecule has 0 aliphatic heterocycles. The second kappa shape index (κ2) is 11.1. The molecular formula is C23H35F3. The predicted molar refractivity (Wildman–Crippen MR) is 109 cm³/mol. The van der Waals surface area contributed by atoms with E-state index in [1.807, 2.05) is 0 Å². The monoisotopic (exact) mass is 368 g/mol. The van der Waals surface area contributed by atoms with Crippen LogP contribution in [0.5, 0.6) is 0 Å². The molecule has 0 aliphatic carbocycles. The molecule has 0 aliphatic rings. The molecule has 3 heteroatoms. The van der Waals surface area contributed by atoms with Crippen LogP contribution in [0.3, 0.4) is 0 Å². The van der Waals surface area contributed by atoms with Gasteiger partial charge in [-0.3, -0.25) is 0 Å². The van der Waals surface area contributed by atoms with Gasteiger partial charge >= 0.3 is 6.18 Å². The molecule has 0 spiro atoms. The van der Waals surface area contributed by atoms with Crippen LogP contribution in [0, 0.1) is 0 Å². The summed E-state index contributed by atoms with van der Waals surface area (Å²) in [6.45, 7) is 13.5. The number of benzene rings is 2. The fourth-order valence-corrected chi connectivity index (χ4v) is 1.88. The first-order valence-electron chi connectivity index (χ1n) is 8.39. The van der Waals surface area contributed by atoms with Crippen molar-refractivity contribution in [1.29, 1.82) is 0 Å². The van der Waals surface area contributed by atoms with Gasteiger partial charge in [0.1, 0.15) is 0 Å². The summed E-state index contributed by atoms with van der Waals surface area (Å²) < 4.78 is 31.1. The van der Waals surface area contributed by atoms with E-state index in [1.165, 1.54) is 11.1 Å². The highest BCUT2D eigenvalue weighted by Gasteiger charge is 2.15. The van der Waals surface area contributed by atoms with E-state index in [-0.39, 0.29) is 14.4 Å². The highest BCUT2D eigenvalue weighted by Crippen LogP contribution is 2.21. The van der Waals surface area contributed by atoms with E-state index in [1.54, 1.807) is 0 Å². The standard InChI is InChI=1S/2C10H14.C2H3F3.CH4/c2*1-10(2,3)9-7-5-4-6-8-9;1-2(3,4)5;/h2*4-8H,1-3H3;1H3;1H4. The Morgan fingerprint density at radius 2 is 0.692 bits per heavy atom. The third-order valence-corrected chi connectivity index (χ3v) is 3.28. The summed E-state index contributed by atoms with van der Waals surface area (Å²) in [6, 6.07) is 21.1. The summed E-state index contributed by atoms with van der Waals surface area (Å²) in [5.41, 5.74) is 3.38. The average Bonchev–Trinajstić information content (AvgIpc) is 2.46. The lowest BCUT2D eigenvalue weighted by Gasteiger charge is -2.18. The molecule has 2 aromatic rings. The van der Waals surface area contributed by atoms with Crippen molar-refractivity contribution in [1.82, 2.24) is 0 Å². The van der Waals surface area contributed by atoms with Gasteiger partial charge in [0, 0.05) is 6.92 Å². The lowest BCUT2D eigenvalue weighted by atomic mass is 9.87. The highest BCUT2D eigenvalue weighted by atomic mass is 19.4. The van der Waals surface area contributed by atoms with Crippen molar-refractivity contribution >= 4 is 0 Å². The Bertz CT molecular complexity index is 515. The van der Waals surface area contributed by atoms with E-state index < -0.39 is 6.18 Å². The van der Waals surface area contributed by atoms with Crippen LogP contribution < -0.4 is 0 Å². The van der Waals surface area contributed by atoms with Crippen molar-refractivity contribution in [3.63, 3.8) is 0 Å². The molecule has 26 heavy (non-hydrogen) atoms. The van der Waals surface area contributed by atoms with Crippen molar-refractivity contribution in [2.24, 2.45) is 0 Å². The maximum absolute atomic E-state index is 10.4. The molecule has 0 unspecified atom stereocenters. The zero-order valence-electron chi connectivity index (χ0n) is 16.4. The van der Waals surface area contributed by atoms with Gasteiger partial charge in [-0.05, 0) is 22.0 Å². The zero-order valence-corrected chi connectivity index (χ0v) is 16.4. The van der Waals surface area contributed by atoms with E-state index in [9.17, 15) is 13.2 Å². The van der Waals surface area contributed by atoms with Crippen LogP contribution in [0.1, 0.15) is 67.0 Å². The van der Waals surface area contributed by atoms with Crippen molar-refractivity contribution in [3.05, 3.63) is 71.8 Å². The van der Waals surface area contributed by atoms with Gasteiger partial charge < -0.3 is 0 Å². The SMILES string of the molecule is C.CC(C)(C)c1ccccc1.CC(C)(C)c1ccccc1.CC(F)(F)F. The lowest BCUT2D eigenvalue weighted by molar-refractivity contribution is -0.110. The zero-order chi connectivity index (χ0) is 19.7. The molecule has 0 atom stereocenters. The quantitative estimate of drug-likeness (QED) is 0.440. The first-order valence-corrected chi connectivity index (χ1v) is 8.39. The number of rotatable bonds is 0. The Kier molecular flexibility index (Phi) is 11.2. The Hall–Kier alpha value is -1.77. The van der Waals surface area contributed by atoms with Gasteiger partial charge in [-0.2, -0.15) is 13.2 Å². The van der Waals surface area contributed by atoms with Gasteiger partial charge in [0.15, 0.2) is 0 Å². The largest absolute Gasteiger partial charge is 0.386 e. The number of hydrogen-bond donors (Lipinski definition) is 0. The molecule has 148 valence electrons. The van der Waals surface area contributed by atoms with Gasteiger partial charge in [0.2, 0.25) is 0 Å². The molecule has 0 bridgehead atoms. The van der Waals surface area contributed by atoms with Crippen LogP contribution in [0.2, 0.25) is 0 Å². The van der Waals surface area contributed by atoms with Gasteiger partial charge in [0.25, 0.3) is 0 Å². The molecule has 0 amide bonds. The van der Waals surface area contributed by atoms with Crippen molar-refractivity contribution in [2.45, 2.75) is 72.9 Å². The van der Waals surface area contributed by atoms with Gasteiger partial charge in [-0.25, -0.2) is 0 Å². The van der Waals surface area contributed by atoms with Crippen LogP contribution in [0.15, 0.2) is 60.7 Å². The fourth-order valence-electron chi connectivity index (χ4n) is 1.88. The van der Waals surface area contributed by atoms with Gasteiger partial charge in [-0.15, -0.1) is 0 Å². The van der Waals surface area contributed by atoms with Crippen LogP contribution in [0.25, 0.3) is 0 Å². The molecule has 0 heterocycles. The average molecular weight is 369 g/mol. The number of alkyl halides is 3. The predicted octanol–water partition coefficient (Wildman–Crippen LogP) is 8.17. The van der Waals surface area contributed by atoms with Crippen LogP contribution in [0.4, 0.5) is 13.2 Å². The van der Waals surface area contributed by atoms with E-state index >= 15 is 0 Å². The maximum Gasteiger partial charge on any atom is 0.386 e. The Labute approximate surface area is 158 Å². The van der Waals surface area contributed by atoms with Crippen LogP contribution in [-0.4, -0.2) is 6.18 Å². The minimum atomic E-state index is -4.00. The summed E-state index contributed by atoms with van der Waals surface area (Å²) >= 11 is 0. The molecule has 0 aromatic heterocycles. The Morgan fingerprint density at radius 3 is 0.808 bits per heavy atom. The normalized spacial score (nSPS) is 11.2. The molecular weight excluding hydrogens is 333 g/mol. The minimum absolute atomic E-state index is 0. The van der Waals surface area contributed by atoms with Crippen LogP contribution >= 0.6 is 0 Å². The molecule has 0 N–H and O–H groups in total. The first kappa shape index (κ1) is 26.5. The third-order valence-electron chi connectivity index (χ3n) is 3.28. The van der Waals surface area contributed by atoms with Gasteiger partial charge in [-0.1, -0.05) is 110 Å². The number of hydrogen-bond acceptors (Lipinski definition) is 0. The van der Waals surface area contributed by atoms with Crippen LogP contribution in [-0.2, 0) is 10.8 Å². The maximum atomic E-state index is 10.4. The van der Waals surface area contributed by atoms with Gasteiger partial charge in [0.05, 0.1) is 0 Å². The molecule has 0 nitrogen and oxygen atoms in total. The number of halogens is 3. The van der Waals surface area contributed by atoms with Crippen molar-refractivity contribution in [2.75, 3.05) is 0 Å². The smallest absolute Gasteiger partial charge is 0.172 e. The topological polar surface area (TPSA) is 0 Å². The van der Waals surface area contributed by atoms with E-state index in [4.69, 9.17) is 0 Å². The third kappa shape index (κ3) is 14.6. The van der Waals surface area contributed by atoms with E-state index in [0.717, 1.165) is 0 Å². The lowest BCUT2D eigenvalue weighted by Crippen LogP contribution is -2.10. The molecule has 2 rings (SSSR count). The molecule has 0 saturated heterocycles. The summed E-state index contributed by atoms with van der Waals surface area (Å²) in [6.07, 6.45) is -4.00.